The van der Waals surface area contributed by atoms with Gasteiger partial charge in [0.05, 0.1) is 5.69 Å². The van der Waals surface area contributed by atoms with Crippen molar-refractivity contribution in [1.82, 2.24) is 10.2 Å². The molecule has 4 amide bonds. The number of nitrogens with one attached hydrogen (secondary N) is 1. The predicted octanol–water partition coefficient (Wildman–Crippen LogP) is 4.20. The number of anilines is 1. The molecular formula is C30H35N3O7. The first-order chi connectivity index (χ1) is 18.6. The van der Waals surface area contributed by atoms with Crippen molar-refractivity contribution in [2.45, 2.75) is 71.6 Å². The van der Waals surface area contributed by atoms with E-state index in [1.807, 2.05) is 18.2 Å². The van der Waals surface area contributed by atoms with Gasteiger partial charge < -0.3 is 9.47 Å². The normalized spacial score (nSPS) is 17.4. The fourth-order valence-electron chi connectivity index (χ4n) is 4.78. The summed E-state index contributed by atoms with van der Waals surface area (Å²) >= 11 is 0. The lowest BCUT2D eigenvalue weighted by atomic mass is 10.00. The number of nitrogens with zero attached hydrogens (tertiary/aromatic N) is 2. The van der Waals surface area contributed by atoms with Gasteiger partial charge >= 0.3 is 12.1 Å². The van der Waals surface area contributed by atoms with Gasteiger partial charge in [0.2, 0.25) is 11.8 Å². The van der Waals surface area contributed by atoms with E-state index in [1.165, 1.54) is 9.80 Å². The molecule has 10 heteroatoms. The van der Waals surface area contributed by atoms with E-state index in [9.17, 15) is 24.0 Å². The van der Waals surface area contributed by atoms with Crippen molar-refractivity contribution in [2.75, 3.05) is 18.0 Å². The first kappa shape index (κ1) is 28.8. The van der Waals surface area contributed by atoms with Gasteiger partial charge in [0, 0.05) is 23.9 Å². The van der Waals surface area contributed by atoms with Gasteiger partial charge in [0.1, 0.15) is 23.8 Å². The number of piperidine rings is 1. The van der Waals surface area contributed by atoms with Crippen LogP contribution in [0.15, 0.2) is 36.4 Å². The number of rotatable bonds is 6. The Morgan fingerprint density at radius 1 is 1.02 bits per heavy atom. The summed E-state index contributed by atoms with van der Waals surface area (Å²) in [4.78, 5) is 65.6. The summed E-state index contributed by atoms with van der Waals surface area (Å²) < 4.78 is 10.9. The third kappa shape index (κ3) is 6.32. The van der Waals surface area contributed by atoms with Crippen molar-refractivity contribution in [3.63, 3.8) is 0 Å². The Morgan fingerprint density at radius 2 is 1.73 bits per heavy atom. The molecule has 1 fully saturated rings. The zero-order chi connectivity index (χ0) is 29.4. The number of carbonyl (C=O) groups excluding carboxylic acids is 5. The standard InChI is InChI=1S/C30H35N3O7/c1-29(2,3)39-24(35)17-32(28(38)40-30(4,5)6)16-8-9-18-12-13-21-25-19(18)10-7-11-20(25)27(37)33(21)22-14-15-23(34)31-26(22)36/h7-13,22H,14-17H2,1-6H3,(H,31,34,36)/b9-8+. The molecule has 0 spiro atoms. The fraction of sp³-hybridized carbons (Fsp3) is 0.433. The Balaban J connectivity index is 1.60. The van der Waals surface area contributed by atoms with Gasteiger partial charge in [-0.1, -0.05) is 30.4 Å². The molecule has 1 unspecified atom stereocenters. The average molecular weight is 550 g/mol. The molecule has 2 aromatic rings. The molecule has 2 heterocycles. The lowest BCUT2D eigenvalue weighted by molar-refractivity contribution is -0.155. The molecule has 1 N–H and O–H groups in total. The van der Waals surface area contributed by atoms with E-state index < -0.39 is 35.2 Å². The highest BCUT2D eigenvalue weighted by Crippen LogP contribution is 2.41. The summed E-state index contributed by atoms with van der Waals surface area (Å²) in [5.74, 6) is -1.67. The minimum absolute atomic E-state index is 0.0818. The third-order valence-corrected chi connectivity index (χ3v) is 6.30. The van der Waals surface area contributed by atoms with Gasteiger partial charge in [-0.25, -0.2) is 4.79 Å². The van der Waals surface area contributed by atoms with Gasteiger partial charge in [-0.2, -0.15) is 0 Å². The highest BCUT2D eigenvalue weighted by atomic mass is 16.6. The summed E-state index contributed by atoms with van der Waals surface area (Å²) in [7, 11) is 0. The molecule has 2 aliphatic heterocycles. The Labute approximate surface area is 233 Å². The van der Waals surface area contributed by atoms with Crippen LogP contribution in [0.4, 0.5) is 10.5 Å². The van der Waals surface area contributed by atoms with Crippen LogP contribution in [0.3, 0.4) is 0 Å². The molecule has 212 valence electrons. The molecule has 1 saturated heterocycles. The Bertz CT molecular complexity index is 1410. The monoisotopic (exact) mass is 549 g/mol. The van der Waals surface area contributed by atoms with Gasteiger partial charge in [-0.3, -0.25) is 34.3 Å². The smallest absolute Gasteiger partial charge is 0.411 e. The number of imide groups is 1. The zero-order valence-electron chi connectivity index (χ0n) is 23.7. The largest absolute Gasteiger partial charge is 0.459 e. The summed E-state index contributed by atoms with van der Waals surface area (Å²) in [6.45, 7) is 10.3. The summed E-state index contributed by atoms with van der Waals surface area (Å²) in [6.07, 6.45) is 3.33. The van der Waals surface area contributed by atoms with Crippen molar-refractivity contribution in [1.29, 1.82) is 0 Å². The van der Waals surface area contributed by atoms with E-state index in [2.05, 4.69) is 5.32 Å². The fourth-order valence-corrected chi connectivity index (χ4v) is 4.78. The first-order valence-corrected chi connectivity index (χ1v) is 13.2. The minimum atomic E-state index is -0.766. The van der Waals surface area contributed by atoms with Crippen molar-refractivity contribution in [2.24, 2.45) is 0 Å². The van der Waals surface area contributed by atoms with Crippen LogP contribution in [0.2, 0.25) is 0 Å². The van der Waals surface area contributed by atoms with Crippen LogP contribution in [0.5, 0.6) is 0 Å². The highest BCUT2D eigenvalue weighted by Gasteiger charge is 2.40. The highest BCUT2D eigenvalue weighted by molar-refractivity contribution is 6.27. The van der Waals surface area contributed by atoms with Gasteiger partial charge in [-0.15, -0.1) is 0 Å². The number of hydrogen-bond acceptors (Lipinski definition) is 7. The molecular weight excluding hydrogens is 514 g/mol. The second-order valence-corrected chi connectivity index (χ2v) is 11.9. The van der Waals surface area contributed by atoms with Crippen molar-refractivity contribution >= 4 is 52.3 Å². The van der Waals surface area contributed by atoms with E-state index in [0.29, 0.717) is 11.3 Å². The average Bonchev–Trinajstić information content (AvgIpc) is 3.10. The molecule has 1 atom stereocenters. The predicted molar refractivity (Wildman–Crippen MR) is 150 cm³/mol. The van der Waals surface area contributed by atoms with Crippen LogP contribution in [0, 0.1) is 0 Å². The SMILES string of the molecule is CC(C)(C)OC(=O)CN(C/C=C/c1ccc2c3c(cccc13)C(=O)N2C1CCC(=O)NC1=O)C(=O)OC(C)(C)C. The molecule has 0 aliphatic carbocycles. The number of esters is 1. The molecule has 10 nitrogen and oxygen atoms in total. The first-order valence-electron chi connectivity index (χ1n) is 13.2. The minimum Gasteiger partial charge on any atom is -0.459 e. The topological polar surface area (TPSA) is 122 Å². The molecule has 40 heavy (non-hydrogen) atoms. The van der Waals surface area contributed by atoms with E-state index in [4.69, 9.17) is 9.47 Å². The van der Waals surface area contributed by atoms with Crippen LogP contribution >= 0.6 is 0 Å². The maximum atomic E-state index is 13.4. The number of hydrogen-bond donors (Lipinski definition) is 1. The molecule has 0 bridgehead atoms. The summed E-state index contributed by atoms with van der Waals surface area (Å²) in [5, 5.41) is 3.84. The number of benzene rings is 2. The van der Waals surface area contributed by atoms with Crippen molar-refractivity contribution < 1.29 is 33.4 Å². The van der Waals surface area contributed by atoms with Crippen LogP contribution < -0.4 is 10.2 Å². The number of amides is 4. The molecule has 0 aromatic heterocycles. The van der Waals surface area contributed by atoms with Crippen LogP contribution in [0.25, 0.3) is 16.8 Å². The lowest BCUT2D eigenvalue weighted by Gasteiger charge is -2.30. The van der Waals surface area contributed by atoms with Gasteiger partial charge in [-0.05, 0) is 71.0 Å². The Hall–Kier alpha value is -4.21. The second kappa shape index (κ2) is 10.7. The Morgan fingerprint density at radius 3 is 2.38 bits per heavy atom. The van der Waals surface area contributed by atoms with E-state index >= 15 is 0 Å². The maximum absolute atomic E-state index is 13.4. The molecule has 2 aromatic carbocycles. The van der Waals surface area contributed by atoms with Gasteiger partial charge in [0.25, 0.3) is 5.91 Å². The lowest BCUT2D eigenvalue weighted by Crippen LogP contribution is -2.53. The second-order valence-electron chi connectivity index (χ2n) is 11.9. The summed E-state index contributed by atoms with van der Waals surface area (Å²) in [6, 6.07) is 8.24. The quantitative estimate of drug-likeness (QED) is 0.423. The number of carbonyl (C=O) groups is 5. The maximum Gasteiger partial charge on any atom is 0.411 e. The van der Waals surface area contributed by atoms with E-state index in [1.54, 1.807) is 65.8 Å². The van der Waals surface area contributed by atoms with Crippen molar-refractivity contribution in [3.8, 4) is 0 Å². The molecule has 0 radical (unpaired) electrons. The van der Waals surface area contributed by atoms with E-state index in [0.717, 1.165) is 16.3 Å². The number of ether oxygens (including phenoxy) is 2. The molecule has 4 rings (SSSR count). The molecule has 2 aliphatic rings. The van der Waals surface area contributed by atoms with Crippen LogP contribution in [-0.2, 0) is 23.9 Å². The van der Waals surface area contributed by atoms with E-state index in [-0.39, 0.29) is 37.7 Å². The van der Waals surface area contributed by atoms with Crippen LogP contribution in [-0.4, -0.2) is 65.0 Å². The van der Waals surface area contributed by atoms with Crippen molar-refractivity contribution in [3.05, 3.63) is 47.5 Å². The summed E-state index contributed by atoms with van der Waals surface area (Å²) in [5.41, 5.74) is 0.442. The van der Waals surface area contributed by atoms with Crippen LogP contribution in [0.1, 0.15) is 70.3 Å². The van der Waals surface area contributed by atoms with Gasteiger partial charge in [0.15, 0.2) is 0 Å². The zero-order valence-corrected chi connectivity index (χ0v) is 23.7. The molecule has 0 saturated carbocycles. The third-order valence-electron chi connectivity index (χ3n) is 6.30. The Kier molecular flexibility index (Phi) is 7.74.